The molecule has 1 aromatic heterocycles. The fourth-order valence-electron chi connectivity index (χ4n) is 4.64. The molecule has 2 heterocycles. The Kier molecular flexibility index (Phi) is 8.21. The van der Waals surface area contributed by atoms with Gasteiger partial charge < -0.3 is 19.1 Å². The van der Waals surface area contributed by atoms with E-state index in [1.807, 2.05) is 0 Å². The lowest BCUT2D eigenvalue weighted by Crippen LogP contribution is -2.35. The molecule has 0 unspecified atom stereocenters. The Bertz CT molecular complexity index is 1620. The molecule has 0 fully saturated rings. The van der Waals surface area contributed by atoms with Crippen LogP contribution in [0.2, 0.25) is 5.02 Å². The van der Waals surface area contributed by atoms with Gasteiger partial charge in [-0.15, -0.1) is 0 Å². The van der Waals surface area contributed by atoms with Crippen molar-refractivity contribution in [1.29, 1.82) is 0 Å². The summed E-state index contributed by atoms with van der Waals surface area (Å²) in [7, 11) is 1.72. The highest BCUT2D eigenvalue weighted by molar-refractivity contribution is 6.31. The van der Waals surface area contributed by atoms with Crippen LogP contribution in [0, 0.1) is 11.6 Å². The first-order valence-corrected chi connectivity index (χ1v) is 13.2. The molecule has 1 amide bonds. The van der Waals surface area contributed by atoms with Gasteiger partial charge in [-0.1, -0.05) is 29.8 Å². The third kappa shape index (κ3) is 5.88. The molecule has 0 aliphatic carbocycles. The molecule has 3 aromatic carbocycles. The highest BCUT2D eigenvalue weighted by Crippen LogP contribution is 2.40. The molecule has 0 radical (unpaired) electrons. The van der Waals surface area contributed by atoms with E-state index in [9.17, 15) is 18.4 Å². The largest absolute Gasteiger partial charge is 0.489 e. The predicted molar refractivity (Wildman–Crippen MR) is 147 cm³/mol. The molecule has 41 heavy (non-hydrogen) atoms. The third-order valence-corrected chi connectivity index (χ3v) is 6.82. The third-order valence-electron chi connectivity index (χ3n) is 6.58. The first-order chi connectivity index (χ1) is 19.8. The van der Waals surface area contributed by atoms with E-state index in [4.69, 9.17) is 25.8 Å². The van der Waals surface area contributed by atoms with Crippen molar-refractivity contribution in [2.24, 2.45) is 7.05 Å². The molecule has 1 aliphatic rings. The first-order valence-electron chi connectivity index (χ1n) is 12.9. The number of aromatic nitrogens is 2. The number of hydrogen-bond acceptors (Lipinski definition) is 6. The number of aryl methyl sites for hydroxylation is 1. The number of amides is 1. The molecule has 11 heteroatoms. The average Bonchev–Trinajstić information content (AvgIpc) is 3.30. The van der Waals surface area contributed by atoms with E-state index in [2.05, 4.69) is 5.10 Å². The van der Waals surface area contributed by atoms with Gasteiger partial charge in [0.1, 0.15) is 24.8 Å². The highest BCUT2D eigenvalue weighted by Gasteiger charge is 2.31. The molecule has 8 nitrogen and oxygen atoms in total. The van der Waals surface area contributed by atoms with Crippen LogP contribution >= 0.6 is 11.6 Å². The monoisotopic (exact) mass is 581 g/mol. The zero-order chi connectivity index (χ0) is 29.1. The van der Waals surface area contributed by atoms with Gasteiger partial charge in [-0.25, -0.2) is 13.6 Å². The number of esters is 1. The second-order valence-corrected chi connectivity index (χ2v) is 9.70. The van der Waals surface area contributed by atoms with Crippen molar-refractivity contribution in [3.8, 4) is 22.8 Å². The number of benzene rings is 3. The Morgan fingerprint density at radius 1 is 1.10 bits per heavy atom. The van der Waals surface area contributed by atoms with Crippen LogP contribution in [0.15, 0.2) is 60.7 Å². The van der Waals surface area contributed by atoms with Crippen molar-refractivity contribution in [1.82, 2.24) is 14.7 Å². The van der Waals surface area contributed by atoms with E-state index in [-0.39, 0.29) is 49.9 Å². The molecule has 0 bridgehead atoms. The Hall–Kier alpha value is -4.44. The summed E-state index contributed by atoms with van der Waals surface area (Å²) >= 11 is 6.22. The second-order valence-electron chi connectivity index (χ2n) is 9.26. The molecule has 5 rings (SSSR count). The van der Waals surface area contributed by atoms with Gasteiger partial charge in [0.15, 0.2) is 17.3 Å². The number of halogens is 3. The van der Waals surface area contributed by atoms with Crippen LogP contribution in [0.4, 0.5) is 8.78 Å². The van der Waals surface area contributed by atoms with Gasteiger partial charge in [0.25, 0.3) is 5.91 Å². The second kappa shape index (κ2) is 12.0. The van der Waals surface area contributed by atoms with E-state index in [1.165, 1.54) is 23.1 Å². The number of rotatable bonds is 9. The van der Waals surface area contributed by atoms with Crippen LogP contribution < -0.4 is 9.47 Å². The Balaban J connectivity index is 1.40. The lowest BCUT2D eigenvalue weighted by atomic mass is 10.0. The van der Waals surface area contributed by atoms with Crippen LogP contribution in [0.3, 0.4) is 0 Å². The highest BCUT2D eigenvalue weighted by atomic mass is 35.5. The number of fused-ring (bicyclic) bond motifs is 3. The van der Waals surface area contributed by atoms with Crippen molar-refractivity contribution in [3.63, 3.8) is 0 Å². The summed E-state index contributed by atoms with van der Waals surface area (Å²) in [6.45, 7) is 1.73. The normalized spacial score (nSPS) is 11.7. The summed E-state index contributed by atoms with van der Waals surface area (Å²) in [4.78, 5) is 27.2. The van der Waals surface area contributed by atoms with Crippen LogP contribution in [0.5, 0.6) is 11.5 Å². The minimum absolute atomic E-state index is 0.0130. The lowest BCUT2D eigenvalue weighted by Gasteiger charge is -2.24. The van der Waals surface area contributed by atoms with Gasteiger partial charge in [-0.05, 0) is 49.4 Å². The zero-order valence-electron chi connectivity index (χ0n) is 22.3. The van der Waals surface area contributed by atoms with Crippen molar-refractivity contribution >= 4 is 23.5 Å². The summed E-state index contributed by atoms with van der Waals surface area (Å²) in [6, 6.07) is 15.1. The average molecular weight is 582 g/mol. The van der Waals surface area contributed by atoms with Crippen LogP contribution in [-0.2, 0) is 24.9 Å². The van der Waals surface area contributed by atoms with Gasteiger partial charge in [0.2, 0.25) is 0 Å². The molecular weight excluding hydrogens is 556 g/mol. The number of carbonyl (C=O) groups is 2. The summed E-state index contributed by atoms with van der Waals surface area (Å²) in [5, 5.41) is 5.00. The van der Waals surface area contributed by atoms with Gasteiger partial charge in [-0.2, -0.15) is 5.10 Å². The van der Waals surface area contributed by atoms with E-state index >= 15 is 0 Å². The molecular formula is C30H26ClF2N3O5. The van der Waals surface area contributed by atoms with Gasteiger partial charge in [-0.3, -0.25) is 9.48 Å². The number of nitrogens with zero attached hydrogens (tertiary/aromatic N) is 3. The molecule has 0 saturated heterocycles. The van der Waals surface area contributed by atoms with Gasteiger partial charge in [0.05, 0.1) is 24.4 Å². The molecule has 0 atom stereocenters. The number of carbonyl (C=O) groups excluding carboxylic acids is 2. The minimum Gasteiger partial charge on any atom is -0.489 e. The molecule has 0 saturated carbocycles. The Morgan fingerprint density at radius 3 is 2.66 bits per heavy atom. The number of ether oxygens (including phenoxy) is 3. The maximum atomic E-state index is 14.6. The van der Waals surface area contributed by atoms with Crippen molar-refractivity contribution in [3.05, 3.63) is 99.7 Å². The van der Waals surface area contributed by atoms with Crippen LogP contribution in [0.25, 0.3) is 11.3 Å². The predicted octanol–water partition coefficient (Wildman–Crippen LogP) is 5.81. The molecule has 1 aliphatic heterocycles. The number of hydrogen-bond donors (Lipinski definition) is 0. The maximum Gasteiger partial charge on any atom is 0.338 e. The first kappa shape index (κ1) is 28.1. The summed E-state index contributed by atoms with van der Waals surface area (Å²) in [5.41, 5.74) is 2.48. The fourth-order valence-corrected chi connectivity index (χ4v) is 4.81. The summed E-state index contributed by atoms with van der Waals surface area (Å²) < 4.78 is 47.2. The Labute approximate surface area is 240 Å². The maximum absolute atomic E-state index is 14.6. The molecule has 0 N–H and O–H groups in total. The van der Waals surface area contributed by atoms with E-state index in [1.54, 1.807) is 55.1 Å². The van der Waals surface area contributed by atoms with Gasteiger partial charge >= 0.3 is 5.97 Å². The minimum atomic E-state index is -0.754. The quantitative estimate of drug-likeness (QED) is 0.232. The van der Waals surface area contributed by atoms with Gasteiger partial charge in [0, 0.05) is 35.3 Å². The van der Waals surface area contributed by atoms with E-state index in [0.717, 1.165) is 6.07 Å². The SMILES string of the molecule is CCOC(=O)c1ccc(OCCN(Cc2ccccc2F)C(=O)c2nn(C)c3c2COc2ccc(Cl)cc2-3)c(F)c1. The van der Waals surface area contributed by atoms with E-state index < -0.39 is 23.5 Å². The zero-order valence-corrected chi connectivity index (χ0v) is 23.1. The summed E-state index contributed by atoms with van der Waals surface area (Å²) in [6.07, 6.45) is 0. The fraction of sp³-hybridized carbons (Fsp3) is 0.233. The Morgan fingerprint density at radius 2 is 1.90 bits per heavy atom. The molecule has 212 valence electrons. The topological polar surface area (TPSA) is 82.9 Å². The lowest BCUT2D eigenvalue weighted by molar-refractivity contribution is 0.0525. The van der Waals surface area contributed by atoms with E-state index in [0.29, 0.717) is 33.2 Å². The van der Waals surface area contributed by atoms with Crippen LogP contribution in [0.1, 0.15) is 38.9 Å². The molecule has 4 aromatic rings. The molecule has 0 spiro atoms. The van der Waals surface area contributed by atoms with Crippen molar-refractivity contribution in [2.75, 3.05) is 19.8 Å². The van der Waals surface area contributed by atoms with Crippen molar-refractivity contribution < 1.29 is 32.6 Å². The smallest absolute Gasteiger partial charge is 0.338 e. The van der Waals surface area contributed by atoms with Crippen LogP contribution in [-0.4, -0.2) is 46.3 Å². The van der Waals surface area contributed by atoms with Crippen molar-refractivity contribution in [2.45, 2.75) is 20.1 Å². The standard InChI is InChI=1S/C30H26ClF2N3O5/c1-3-39-30(38)18-8-10-26(24(33)14-18)40-13-12-36(16-19-6-4-5-7-23(19)32)29(37)27-22-17-41-25-11-9-20(31)15-21(25)28(22)35(2)34-27/h4-11,14-15H,3,12-13,16-17H2,1-2H3. The summed E-state index contributed by atoms with van der Waals surface area (Å²) in [5.74, 6) is -1.82.